The minimum atomic E-state index is -1.69. The van der Waals surface area contributed by atoms with Gasteiger partial charge in [0, 0.05) is 25.3 Å². The molecule has 9 unspecified atom stereocenters. The predicted octanol–water partition coefficient (Wildman–Crippen LogP) is -0.418. The number of hydrogen-bond acceptors (Lipinski definition) is 12. The predicted molar refractivity (Wildman–Crippen MR) is 135 cm³/mol. The van der Waals surface area contributed by atoms with Crippen LogP contribution in [0.5, 0.6) is 11.5 Å². The van der Waals surface area contributed by atoms with Gasteiger partial charge in [0.1, 0.15) is 24.4 Å². The number of carbonyl (C=O) groups is 2. The van der Waals surface area contributed by atoms with Gasteiger partial charge >= 0.3 is 5.97 Å². The van der Waals surface area contributed by atoms with E-state index < -0.39 is 67.4 Å². The van der Waals surface area contributed by atoms with Crippen molar-refractivity contribution in [3.05, 3.63) is 47.7 Å². The van der Waals surface area contributed by atoms with Gasteiger partial charge in [0.25, 0.3) is 0 Å². The number of fused-ring (bicyclic) bond motifs is 1. The Morgan fingerprint density at radius 2 is 1.82 bits per heavy atom. The van der Waals surface area contributed by atoms with Crippen LogP contribution >= 0.6 is 0 Å². The first-order valence-electron chi connectivity index (χ1n) is 12.9. The lowest BCUT2D eigenvalue weighted by molar-refractivity contribution is -0.339. The van der Waals surface area contributed by atoms with Crippen molar-refractivity contribution in [1.29, 1.82) is 0 Å². The first-order valence-corrected chi connectivity index (χ1v) is 12.9. The zero-order chi connectivity index (χ0) is 29.3. The lowest BCUT2D eigenvalue weighted by atomic mass is 9.76. The molecule has 0 spiro atoms. The van der Waals surface area contributed by atoms with E-state index in [1.54, 1.807) is 4.90 Å². The van der Waals surface area contributed by atoms with Gasteiger partial charge in [0.15, 0.2) is 17.8 Å². The van der Waals surface area contributed by atoms with Gasteiger partial charge in [0.2, 0.25) is 12.2 Å². The molecule has 9 atom stereocenters. The Bertz CT molecular complexity index is 1150. The number of aromatic hydroxyl groups is 2. The van der Waals surface area contributed by atoms with E-state index >= 15 is 0 Å². The van der Waals surface area contributed by atoms with Crippen LogP contribution in [0.4, 0.5) is 0 Å². The second kappa shape index (κ2) is 12.1. The molecule has 0 bridgehead atoms. The highest BCUT2D eigenvalue weighted by Gasteiger charge is 2.48. The van der Waals surface area contributed by atoms with Crippen molar-refractivity contribution in [3.8, 4) is 11.5 Å². The Kier molecular flexibility index (Phi) is 9.02. The summed E-state index contributed by atoms with van der Waals surface area (Å²) in [5.74, 6) is -3.06. The summed E-state index contributed by atoms with van der Waals surface area (Å²) in [6.07, 6.45) is -5.67. The lowest BCUT2D eigenvalue weighted by Crippen LogP contribution is -2.60. The van der Waals surface area contributed by atoms with Crippen LogP contribution < -0.4 is 0 Å². The molecule has 1 amide bonds. The minimum Gasteiger partial charge on any atom is -0.504 e. The topological polar surface area (TPSA) is 196 Å². The van der Waals surface area contributed by atoms with Crippen molar-refractivity contribution in [2.24, 2.45) is 11.8 Å². The Labute approximate surface area is 230 Å². The van der Waals surface area contributed by atoms with E-state index in [4.69, 9.17) is 18.9 Å². The van der Waals surface area contributed by atoms with Crippen LogP contribution in [0.15, 0.2) is 36.6 Å². The molecular formula is C27H35NO12. The highest BCUT2D eigenvalue weighted by molar-refractivity contribution is 5.89. The number of phenolic OH excluding ortho intramolecular Hbond substituents is 2. The van der Waals surface area contributed by atoms with Crippen molar-refractivity contribution in [2.75, 3.05) is 20.3 Å². The maximum absolute atomic E-state index is 12.8. The van der Waals surface area contributed by atoms with E-state index in [0.717, 1.165) is 11.8 Å². The number of phenols is 2. The Morgan fingerprint density at radius 3 is 2.45 bits per heavy atom. The number of ether oxygens (including phenoxy) is 4. The van der Waals surface area contributed by atoms with E-state index in [0.29, 0.717) is 18.5 Å². The van der Waals surface area contributed by atoms with Gasteiger partial charge < -0.3 is 54.5 Å². The summed E-state index contributed by atoms with van der Waals surface area (Å²) >= 11 is 0. The average molecular weight is 566 g/mol. The van der Waals surface area contributed by atoms with Crippen molar-refractivity contribution >= 4 is 11.9 Å². The van der Waals surface area contributed by atoms with Crippen LogP contribution in [0.3, 0.4) is 0 Å². The fourth-order valence-electron chi connectivity index (χ4n) is 5.63. The largest absolute Gasteiger partial charge is 0.504 e. The molecule has 1 aromatic carbocycles. The van der Waals surface area contributed by atoms with Gasteiger partial charge in [-0.15, -0.1) is 6.58 Å². The summed E-state index contributed by atoms with van der Waals surface area (Å²) in [5.41, 5.74) is 1.46. The molecule has 13 heteroatoms. The number of hydrogen-bond donors (Lipinski definition) is 6. The third-order valence-corrected chi connectivity index (χ3v) is 7.79. The van der Waals surface area contributed by atoms with Crippen LogP contribution in [-0.2, 0) is 35.0 Å². The molecule has 40 heavy (non-hydrogen) atoms. The van der Waals surface area contributed by atoms with Crippen LogP contribution in [-0.4, -0.2) is 105 Å². The van der Waals surface area contributed by atoms with Gasteiger partial charge in [0.05, 0.1) is 31.6 Å². The Hall–Kier alpha value is -3.20. The van der Waals surface area contributed by atoms with Crippen molar-refractivity contribution in [1.82, 2.24) is 4.90 Å². The monoisotopic (exact) mass is 565 g/mol. The number of methoxy groups -OCH3 is 1. The number of aliphatic hydroxyl groups excluding tert-OH is 4. The molecule has 1 saturated heterocycles. The lowest BCUT2D eigenvalue weighted by Gasteiger charge is -2.44. The number of esters is 1. The Balaban J connectivity index is 1.69. The van der Waals surface area contributed by atoms with Crippen molar-refractivity contribution in [2.45, 2.75) is 62.8 Å². The molecule has 0 saturated carbocycles. The quantitative estimate of drug-likeness (QED) is 0.142. The SMILES string of the molecule is C=CC1C(OC2OC(CO)C(O)C(O)C2O)OC=C(C(=O)OC)C1CC1c2cc(O)c(O)cc2CCN1C(C)=O. The summed E-state index contributed by atoms with van der Waals surface area (Å²) in [6.45, 7) is 4.96. The molecule has 220 valence electrons. The van der Waals surface area contributed by atoms with Crippen LogP contribution in [0.2, 0.25) is 0 Å². The van der Waals surface area contributed by atoms with E-state index in [1.165, 1.54) is 32.2 Å². The molecule has 1 fully saturated rings. The first-order chi connectivity index (χ1) is 19.0. The zero-order valence-electron chi connectivity index (χ0n) is 22.1. The van der Waals surface area contributed by atoms with Crippen molar-refractivity contribution < 1.29 is 59.2 Å². The van der Waals surface area contributed by atoms with E-state index in [-0.39, 0.29) is 29.4 Å². The van der Waals surface area contributed by atoms with E-state index in [1.807, 2.05) is 0 Å². The molecule has 3 aliphatic rings. The van der Waals surface area contributed by atoms with Gasteiger partial charge in [-0.3, -0.25) is 4.79 Å². The number of benzene rings is 1. The molecule has 4 rings (SSSR count). The van der Waals surface area contributed by atoms with Crippen LogP contribution in [0, 0.1) is 11.8 Å². The number of amides is 1. The second-order valence-corrected chi connectivity index (χ2v) is 10.1. The summed E-state index contributed by atoms with van der Waals surface area (Å²) in [4.78, 5) is 27.0. The normalized spacial score (nSPS) is 33.8. The average Bonchev–Trinajstić information content (AvgIpc) is 2.93. The third-order valence-electron chi connectivity index (χ3n) is 7.79. The standard InChI is InChI=1S/C27H35NO12/c1-4-14-16(8-18-15-9-20(32)19(31)7-13(15)5-6-28(18)12(2)30)17(25(36)37-3)11-38-26(14)40-27-24(35)23(34)22(33)21(10-29)39-27/h4,7,9,11,14,16,18,21-24,26-27,29,31-35H,1,5-6,8,10H2,2-3H3. The third kappa shape index (κ3) is 5.53. The molecule has 0 radical (unpaired) electrons. The highest BCUT2D eigenvalue weighted by atomic mass is 16.8. The summed E-state index contributed by atoms with van der Waals surface area (Å²) < 4.78 is 22.0. The van der Waals surface area contributed by atoms with Crippen LogP contribution in [0.25, 0.3) is 0 Å². The summed E-state index contributed by atoms with van der Waals surface area (Å²) in [6, 6.07) is 2.22. The number of nitrogens with zero attached hydrogens (tertiary/aromatic N) is 1. The minimum absolute atomic E-state index is 0.125. The van der Waals surface area contributed by atoms with Crippen molar-refractivity contribution in [3.63, 3.8) is 0 Å². The van der Waals surface area contributed by atoms with Gasteiger partial charge in [-0.1, -0.05) is 6.08 Å². The van der Waals surface area contributed by atoms with Gasteiger partial charge in [-0.2, -0.15) is 0 Å². The fourth-order valence-corrected chi connectivity index (χ4v) is 5.63. The zero-order valence-corrected chi connectivity index (χ0v) is 22.1. The molecule has 13 nitrogen and oxygen atoms in total. The fraction of sp³-hybridized carbons (Fsp3) is 0.556. The smallest absolute Gasteiger partial charge is 0.337 e. The number of carbonyl (C=O) groups excluding carboxylic acids is 2. The number of aliphatic hydroxyl groups is 4. The molecule has 3 aliphatic heterocycles. The van der Waals surface area contributed by atoms with Gasteiger partial charge in [-0.05, 0) is 36.1 Å². The highest BCUT2D eigenvalue weighted by Crippen LogP contribution is 2.45. The maximum atomic E-state index is 12.8. The molecule has 3 heterocycles. The summed E-state index contributed by atoms with van der Waals surface area (Å²) in [7, 11) is 1.21. The van der Waals surface area contributed by atoms with Crippen LogP contribution in [0.1, 0.15) is 30.5 Å². The molecule has 0 aliphatic carbocycles. The first kappa shape index (κ1) is 29.8. The molecular weight excluding hydrogens is 530 g/mol. The van der Waals surface area contributed by atoms with Gasteiger partial charge in [-0.25, -0.2) is 4.79 Å². The molecule has 6 N–H and O–H groups in total. The number of rotatable bonds is 7. The maximum Gasteiger partial charge on any atom is 0.337 e. The van der Waals surface area contributed by atoms with E-state index in [9.17, 15) is 40.2 Å². The Morgan fingerprint density at radius 1 is 1.12 bits per heavy atom. The molecule has 1 aromatic rings. The summed E-state index contributed by atoms with van der Waals surface area (Å²) in [5, 5.41) is 60.5. The molecule has 0 aromatic heterocycles. The second-order valence-electron chi connectivity index (χ2n) is 10.1. The van der Waals surface area contributed by atoms with E-state index in [2.05, 4.69) is 6.58 Å².